The quantitative estimate of drug-likeness (QED) is 0.841. The van der Waals surface area contributed by atoms with Crippen molar-refractivity contribution in [1.29, 1.82) is 0 Å². The van der Waals surface area contributed by atoms with Crippen molar-refractivity contribution in [2.24, 2.45) is 0 Å². The first-order valence-corrected chi connectivity index (χ1v) is 5.47. The number of piperidine rings is 1. The number of aromatic nitrogens is 2. The predicted octanol–water partition coefficient (Wildman–Crippen LogP) is 1.84. The molecule has 3 rings (SSSR count). The summed E-state index contributed by atoms with van der Waals surface area (Å²) in [6, 6.07) is 0. The molecular weight excluding hydrogens is 214 g/mol. The van der Waals surface area contributed by atoms with E-state index in [2.05, 4.69) is 15.5 Å². The molecular formula is C10H16ClN3O. The molecule has 1 N–H and O–H groups in total. The Bertz CT molecular complexity index is 318. The van der Waals surface area contributed by atoms with Gasteiger partial charge in [-0.3, -0.25) is 0 Å². The Balaban J connectivity index is 0.000000853. The van der Waals surface area contributed by atoms with E-state index in [0.717, 1.165) is 24.8 Å². The average molecular weight is 230 g/mol. The van der Waals surface area contributed by atoms with E-state index in [1.54, 1.807) is 0 Å². The van der Waals surface area contributed by atoms with E-state index < -0.39 is 0 Å². The highest BCUT2D eigenvalue weighted by molar-refractivity contribution is 5.85. The lowest BCUT2D eigenvalue weighted by molar-refractivity contribution is 0.320. The Kier molecular flexibility index (Phi) is 3.26. The number of nitrogens with zero attached hydrogens (tertiary/aromatic N) is 2. The van der Waals surface area contributed by atoms with Crippen molar-refractivity contribution in [3.05, 3.63) is 11.7 Å². The van der Waals surface area contributed by atoms with Gasteiger partial charge in [0.25, 0.3) is 0 Å². The van der Waals surface area contributed by atoms with E-state index >= 15 is 0 Å². The lowest BCUT2D eigenvalue weighted by Crippen LogP contribution is -2.28. The molecule has 4 nitrogen and oxygen atoms in total. The molecule has 1 saturated carbocycles. The molecule has 1 aromatic heterocycles. The highest BCUT2D eigenvalue weighted by Gasteiger charge is 2.30. The van der Waals surface area contributed by atoms with Crippen LogP contribution in [0.25, 0.3) is 0 Å². The van der Waals surface area contributed by atoms with Crippen molar-refractivity contribution in [2.75, 3.05) is 13.1 Å². The molecule has 0 spiro atoms. The van der Waals surface area contributed by atoms with Crippen LogP contribution in [0.1, 0.15) is 49.2 Å². The molecule has 0 bridgehead atoms. The molecule has 0 radical (unpaired) electrons. The van der Waals surface area contributed by atoms with Gasteiger partial charge in [-0.25, -0.2) is 0 Å². The first-order chi connectivity index (χ1) is 6.93. The smallest absolute Gasteiger partial charge is 0.231 e. The first-order valence-electron chi connectivity index (χ1n) is 5.47. The fourth-order valence-corrected chi connectivity index (χ4v) is 1.98. The van der Waals surface area contributed by atoms with Crippen LogP contribution >= 0.6 is 12.4 Å². The molecule has 1 saturated heterocycles. The minimum Gasteiger partial charge on any atom is -0.339 e. The molecule has 2 fully saturated rings. The molecule has 0 amide bonds. The fourth-order valence-electron chi connectivity index (χ4n) is 1.98. The van der Waals surface area contributed by atoms with E-state index in [4.69, 9.17) is 4.52 Å². The zero-order valence-electron chi connectivity index (χ0n) is 8.61. The summed E-state index contributed by atoms with van der Waals surface area (Å²) in [4.78, 5) is 4.48. The molecule has 1 atom stereocenters. The van der Waals surface area contributed by atoms with Crippen LogP contribution in [0.3, 0.4) is 0 Å². The third-order valence-electron chi connectivity index (χ3n) is 3.05. The molecule has 0 aromatic carbocycles. The monoisotopic (exact) mass is 229 g/mol. The first kappa shape index (κ1) is 10.9. The minimum atomic E-state index is 0. The van der Waals surface area contributed by atoms with Gasteiger partial charge in [0, 0.05) is 12.5 Å². The summed E-state index contributed by atoms with van der Waals surface area (Å²) in [5, 5.41) is 7.40. The van der Waals surface area contributed by atoms with Crippen molar-refractivity contribution in [3.63, 3.8) is 0 Å². The predicted molar refractivity (Wildman–Crippen MR) is 58.4 cm³/mol. The number of nitrogens with one attached hydrogen (secondary N) is 1. The van der Waals surface area contributed by atoms with Gasteiger partial charge in [-0.05, 0) is 32.2 Å². The number of hydrogen-bond acceptors (Lipinski definition) is 4. The molecule has 2 aliphatic rings. The van der Waals surface area contributed by atoms with E-state index in [1.165, 1.54) is 25.7 Å². The van der Waals surface area contributed by atoms with E-state index in [0.29, 0.717) is 11.8 Å². The standard InChI is InChI=1S/C10H15N3O.ClH/c1-2-8(6-11-5-1)10-12-9(13-14-10)7-3-4-7;/h7-8,11H,1-6H2;1H. The SMILES string of the molecule is C1CNCC(c2nc(C3CC3)no2)C1.Cl. The number of rotatable bonds is 2. The van der Waals surface area contributed by atoms with E-state index in [-0.39, 0.29) is 12.4 Å². The Morgan fingerprint density at radius 1 is 1.20 bits per heavy atom. The number of halogens is 1. The van der Waals surface area contributed by atoms with Gasteiger partial charge in [-0.1, -0.05) is 5.16 Å². The molecule has 15 heavy (non-hydrogen) atoms. The summed E-state index contributed by atoms with van der Waals surface area (Å²) in [5.74, 6) is 2.83. The molecule has 1 unspecified atom stereocenters. The summed E-state index contributed by atoms with van der Waals surface area (Å²) in [6.45, 7) is 2.12. The van der Waals surface area contributed by atoms with Crippen LogP contribution in [0.4, 0.5) is 0 Å². The van der Waals surface area contributed by atoms with Crippen molar-refractivity contribution in [1.82, 2.24) is 15.5 Å². The van der Waals surface area contributed by atoms with Crippen LogP contribution in [-0.4, -0.2) is 23.2 Å². The molecule has 2 heterocycles. The van der Waals surface area contributed by atoms with Crippen LogP contribution in [0, 0.1) is 0 Å². The summed E-state index contributed by atoms with van der Waals surface area (Å²) in [6.07, 6.45) is 4.87. The lowest BCUT2D eigenvalue weighted by atomic mass is 10.00. The van der Waals surface area contributed by atoms with Crippen LogP contribution in [0.2, 0.25) is 0 Å². The van der Waals surface area contributed by atoms with Gasteiger partial charge in [-0.15, -0.1) is 12.4 Å². The van der Waals surface area contributed by atoms with Gasteiger partial charge in [0.05, 0.1) is 5.92 Å². The van der Waals surface area contributed by atoms with Crippen molar-refractivity contribution in [3.8, 4) is 0 Å². The summed E-state index contributed by atoms with van der Waals surface area (Å²) < 4.78 is 5.30. The Hall–Kier alpha value is -0.610. The van der Waals surface area contributed by atoms with Crippen LogP contribution in [0.5, 0.6) is 0 Å². The van der Waals surface area contributed by atoms with Crippen LogP contribution < -0.4 is 5.32 Å². The summed E-state index contributed by atoms with van der Waals surface area (Å²) in [7, 11) is 0. The van der Waals surface area contributed by atoms with Crippen molar-refractivity contribution >= 4 is 12.4 Å². The van der Waals surface area contributed by atoms with Gasteiger partial charge in [0.15, 0.2) is 5.82 Å². The molecule has 84 valence electrons. The minimum absolute atomic E-state index is 0. The van der Waals surface area contributed by atoms with Crippen LogP contribution in [-0.2, 0) is 0 Å². The second-order valence-corrected chi connectivity index (χ2v) is 4.31. The lowest BCUT2D eigenvalue weighted by Gasteiger charge is -2.18. The molecule has 1 aromatic rings. The third-order valence-corrected chi connectivity index (χ3v) is 3.05. The van der Waals surface area contributed by atoms with Gasteiger partial charge in [0.2, 0.25) is 5.89 Å². The zero-order valence-corrected chi connectivity index (χ0v) is 9.42. The zero-order chi connectivity index (χ0) is 9.38. The number of hydrogen-bond donors (Lipinski definition) is 1. The molecule has 1 aliphatic carbocycles. The van der Waals surface area contributed by atoms with Gasteiger partial charge < -0.3 is 9.84 Å². The third kappa shape index (κ3) is 2.32. The topological polar surface area (TPSA) is 51.0 Å². The van der Waals surface area contributed by atoms with Gasteiger partial charge >= 0.3 is 0 Å². The summed E-state index contributed by atoms with van der Waals surface area (Å²) in [5.41, 5.74) is 0. The Morgan fingerprint density at radius 3 is 2.73 bits per heavy atom. The average Bonchev–Trinajstić information content (AvgIpc) is 2.98. The van der Waals surface area contributed by atoms with Crippen LogP contribution in [0.15, 0.2) is 4.52 Å². The highest BCUT2D eigenvalue weighted by Crippen LogP contribution is 2.38. The van der Waals surface area contributed by atoms with E-state index in [1.807, 2.05) is 0 Å². The van der Waals surface area contributed by atoms with Crippen molar-refractivity contribution < 1.29 is 4.52 Å². The van der Waals surface area contributed by atoms with E-state index in [9.17, 15) is 0 Å². The Morgan fingerprint density at radius 2 is 2.07 bits per heavy atom. The van der Waals surface area contributed by atoms with Crippen molar-refractivity contribution in [2.45, 2.75) is 37.5 Å². The maximum absolute atomic E-state index is 5.30. The maximum Gasteiger partial charge on any atom is 0.231 e. The largest absolute Gasteiger partial charge is 0.339 e. The second kappa shape index (κ2) is 4.49. The van der Waals surface area contributed by atoms with Gasteiger partial charge in [0.1, 0.15) is 0 Å². The molecule has 5 heteroatoms. The second-order valence-electron chi connectivity index (χ2n) is 4.31. The van der Waals surface area contributed by atoms with Gasteiger partial charge in [-0.2, -0.15) is 4.98 Å². The highest BCUT2D eigenvalue weighted by atomic mass is 35.5. The summed E-state index contributed by atoms with van der Waals surface area (Å²) >= 11 is 0. The maximum atomic E-state index is 5.30. The fraction of sp³-hybridized carbons (Fsp3) is 0.800. The Labute approximate surface area is 95.2 Å². The normalized spacial score (nSPS) is 26.0. The molecule has 1 aliphatic heterocycles.